The normalized spacial score (nSPS) is 24.1. The highest BCUT2D eigenvalue weighted by Crippen LogP contribution is 2.35. The van der Waals surface area contributed by atoms with Crippen molar-refractivity contribution in [1.82, 2.24) is 14.8 Å². The van der Waals surface area contributed by atoms with Gasteiger partial charge in [-0.15, -0.1) is 10.2 Å². The molecular formula is C9H15N3OS. The van der Waals surface area contributed by atoms with Gasteiger partial charge in [0.2, 0.25) is 0 Å². The van der Waals surface area contributed by atoms with Crippen molar-refractivity contribution in [2.75, 3.05) is 5.75 Å². The Morgan fingerprint density at radius 1 is 1.57 bits per heavy atom. The molecule has 2 unspecified atom stereocenters. The minimum Gasteiger partial charge on any atom is -0.384 e. The van der Waals surface area contributed by atoms with Crippen LogP contribution in [0.15, 0.2) is 0 Å². The number of thioether (sulfide) groups is 1. The van der Waals surface area contributed by atoms with Crippen molar-refractivity contribution in [2.24, 2.45) is 7.05 Å². The van der Waals surface area contributed by atoms with Crippen LogP contribution < -0.4 is 0 Å². The van der Waals surface area contributed by atoms with Gasteiger partial charge in [0.05, 0.1) is 0 Å². The maximum Gasteiger partial charge on any atom is 0.162 e. The summed E-state index contributed by atoms with van der Waals surface area (Å²) in [6, 6.07) is 0. The summed E-state index contributed by atoms with van der Waals surface area (Å²) in [5.41, 5.74) is 0. The van der Waals surface area contributed by atoms with Crippen molar-refractivity contribution in [3.05, 3.63) is 11.6 Å². The molecule has 1 N–H and O–H groups in total. The third-order valence-corrected chi connectivity index (χ3v) is 4.15. The second-order valence-electron chi connectivity index (χ2n) is 3.66. The van der Waals surface area contributed by atoms with Crippen LogP contribution >= 0.6 is 11.8 Å². The molecule has 78 valence electrons. The standard InChI is InChI=1S/C9H15N3OS/c1-6-10-11-9(12(6)2)8(13)7-4-3-5-14-7/h7-8,13H,3-5H2,1-2H3. The second-order valence-corrected chi connectivity index (χ2v) is 5.01. The minimum absolute atomic E-state index is 0.303. The van der Waals surface area contributed by atoms with Crippen molar-refractivity contribution < 1.29 is 5.11 Å². The van der Waals surface area contributed by atoms with E-state index in [0.29, 0.717) is 11.1 Å². The van der Waals surface area contributed by atoms with Crippen molar-refractivity contribution in [3.8, 4) is 0 Å². The largest absolute Gasteiger partial charge is 0.384 e. The van der Waals surface area contributed by atoms with Gasteiger partial charge >= 0.3 is 0 Å². The molecule has 14 heavy (non-hydrogen) atoms. The Labute approximate surface area is 87.7 Å². The van der Waals surface area contributed by atoms with Crippen LogP contribution in [0.4, 0.5) is 0 Å². The summed E-state index contributed by atoms with van der Waals surface area (Å²) in [5.74, 6) is 2.70. The Morgan fingerprint density at radius 2 is 2.36 bits per heavy atom. The Kier molecular flexibility index (Phi) is 2.78. The van der Waals surface area contributed by atoms with E-state index in [1.807, 2.05) is 30.3 Å². The van der Waals surface area contributed by atoms with Crippen molar-refractivity contribution in [3.63, 3.8) is 0 Å². The Hall–Kier alpha value is -0.550. The molecule has 2 atom stereocenters. The number of hydrogen-bond donors (Lipinski definition) is 1. The molecule has 1 saturated heterocycles. The molecule has 1 aromatic heterocycles. The van der Waals surface area contributed by atoms with Crippen LogP contribution in [0.1, 0.15) is 30.6 Å². The highest BCUT2D eigenvalue weighted by atomic mass is 32.2. The molecule has 1 aliphatic heterocycles. The molecule has 1 aliphatic rings. The molecule has 0 amide bonds. The van der Waals surface area contributed by atoms with Crippen LogP contribution in [0.2, 0.25) is 0 Å². The first-order valence-electron chi connectivity index (χ1n) is 4.85. The van der Waals surface area contributed by atoms with Gasteiger partial charge in [-0.25, -0.2) is 0 Å². The number of rotatable bonds is 2. The number of aryl methyl sites for hydroxylation is 1. The van der Waals surface area contributed by atoms with Crippen LogP contribution in [-0.2, 0) is 7.05 Å². The average molecular weight is 213 g/mol. The van der Waals surface area contributed by atoms with E-state index in [0.717, 1.165) is 18.0 Å². The van der Waals surface area contributed by atoms with Crippen LogP contribution in [-0.4, -0.2) is 30.9 Å². The number of hydrogen-bond acceptors (Lipinski definition) is 4. The van der Waals surface area contributed by atoms with Crippen LogP contribution in [0.25, 0.3) is 0 Å². The fourth-order valence-electron chi connectivity index (χ4n) is 1.70. The first-order chi connectivity index (χ1) is 6.70. The predicted octanol–water partition coefficient (Wildman–Crippen LogP) is 1.05. The maximum atomic E-state index is 10.1. The Balaban J connectivity index is 2.17. The lowest BCUT2D eigenvalue weighted by Gasteiger charge is -2.15. The molecule has 2 rings (SSSR count). The van der Waals surface area contributed by atoms with Gasteiger partial charge in [0.25, 0.3) is 0 Å². The van der Waals surface area contributed by atoms with Crippen molar-refractivity contribution >= 4 is 11.8 Å². The Morgan fingerprint density at radius 3 is 2.86 bits per heavy atom. The molecule has 0 spiro atoms. The molecule has 1 fully saturated rings. The third kappa shape index (κ3) is 1.66. The lowest BCUT2D eigenvalue weighted by atomic mass is 10.1. The molecule has 0 bridgehead atoms. The zero-order valence-corrected chi connectivity index (χ0v) is 9.29. The molecule has 0 radical (unpaired) electrons. The van der Waals surface area contributed by atoms with E-state index in [-0.39, 0.29) is 0 Å². The summed E-state index contributed by atoms with van der Waals surface area (Å²) in [4.78, 5) is 0. The van der Waals surface area contributed by atoms with E-state index in [4.69, 9.17) is 0 Å². The Bertz CT molecular complexity index is 320. The fourth-order valence-corrected chi connectivity index (χ4v) is 2.97. The zero-order chi connectivity index (χ0) is 10.1. The van der Waals surface area contributed by atoms with E-state index in [9.17, 15) is 5.11 Å². The van der Waals surface area contributed by atoms with Crippen molar-refractivity contribution in [2.45, 2.75) is 31.1 Å². The zero-order valence-electron chi connectivity index (χ0n) is 8.47. The fraction of sp³-hybridized carbons (Fsp3) is 0.778. The first-order valence-corrected chi connectivity index (χ1v) is 5.90. The summed E-state index contributed by atoms with van der Waals surface area (Å²) in [6.45, 7) is 1.89. The van der Waals surface area contributed by atoms with Gasteiger partial charge in [0.15, 0.2) is 5.82 Å². The number of aromatic nitrogens is 3. The lowest BCUT2D eigenvalue weighted by Crippen LogP contribution is -2.16. The van der Waals surface area contributed by atoms with E-state index in [1.165, 1.54) is 6.42 Å². The van der Waals surface area contributed by atoms with Crippen LogP contribution in [0.5, 0.6) is 0 Å². The highest BCUT2D eigenvalue weighted by Gasteiger charge is 2.28. The molecule has 0 saturated carbocycles. The first kappa shape index (κ1) is 9.98. The van der Waals surface area contributed by atoms with Gasteiger partial charge in [0, 0.05) is 12.3 Å². The topological polar surface area (TPSA) is 50.9 Å². The SMILES string of the molecule is Cc1nnc(C(O)C2CCCS2)n1C. The lowest BCUT2D eigenvalue weighted by molar-refractivity contribution is 0.159. The molecule has 5 heteroatoms. The molecule has 4 nitrogen and oxygen atoms in total. The molecule has 2 heterocycles. The monoisotopic (exact) mass is 213 g/mol. The maximum absolute atomic E-state index is 10.1. The van der Waals surface area contributed by atoms with E-state index < -0.39 is 6.10 Å². The molecular weight excluding hydrogens is 198 g/mol. The summed E-state index contributed by atoms with van der Waals surface area (Å²) >= 11 is 1.83. The molecule has 1 aromatic rings. The van der Waals surface area contributed by atoms with Gasteiger partial charge in [-0.05, 0) is 25.5 Å². The van der Waals surface area contributed by atoms with Gasteiger partial charge in [-0.3, -0.25) is 0 Å². The highest BCUT2D eigenvalue weighted by molar-refractivity contribution is 8.00. The second kappa shape index (κ2) is 3.90. The van der Waals surface area contributed by atoms with Crippen molar-refractivity contribution in [1.29, 1.82) is 0 Å². The van der Waals surface area contributed by atoms with E-state index in [2.05, 4.69) is 10.2 Å². The molecule has 0 aromatic carbocycles. The predicted molar refractivity (Wildman–Crippen MR) is 56.2 cm³/mol. The van der Waals surface area contributed by atoms with E-state index >= 15 is 0 Å². The third-order valence-electron chi connectivity index (χ3n) is 2.71. The number of aliphatic hydroxyl groups is 1. The summed E-state index contributed by atoms with van der Waals surface area (Å²) in [7, 11) is 1.90. The summed E-state index contributed by atoms with van der Waals surface area (Å²) in [5, 5.41) is 18.3. The van der Waals surface area contributed by atoms with Gasteiger partial charge in [-0.1, -0.05) is 0 Å². The number of aliphatic hydroxyl groups excluding tert-OH is 1. The van der Waals surface area contributed by atoms with Gasteiger partial charge in [0.1, 0.15) is 11.9 Å². The number of nitrogens with zero attached hydrogens (tertiary/aromatic N) is 3. The smallest absolute Gasteiger partial charge is 0.162 e. The molecule has 0 aliphatic carbocycles. The minimum atomic E-state index is -0.464. The van der Waals surface area contributed by atoms with Crippen LogP contribution in [0, 0.1) is 6.92 Å². The van der Waals surface area contributed by atoms with Gasteiger partial charge < -0.3 is 9.67 Å². The summed E-state index contributed by atoms with van der Waals surface area (Å²) < 4.78 is 1.86. The summed E-state index contributed by atoms with van der Waals surface area (Å²) in [6.07, 6.45) is 1.81. The van der Waals surface area contributed by atoms with Crippen LogP contribution in [0.3, 0.4) is 0 Å². The quantitative estimate of drug-likeness (QED) is 0.798. The van der Waals surface area contributed by atoms with E-state index in [1.54, 1.807) is 0 Å². The van der Waals surface area contributed by atoms with Gasteiger partial charge in [-0.2, -0.15) is 11.8 Å². The average Bonchev–Trinajstić information content (AvgIpc) is 2.77.